The lowest BCUT2D eigenvalue weighted by Crippen LogP contribution is -2.37. The molecule has 1 aliphatic carbocycles. The van der Waals surface area contributed by atoms with Crippen molar-refractivity contribution in [2.24, 2.45) is 5.92 Å². The average Bonchev–Trinajstić information content (AvgIpc) is 3.03. The molecule has 0 aliphatic heterocycles. The lowest BCUT2D eigenvalue weighted by atomic mass is 9.82. The molecule has 9 nitrogen and oxygen atoms in total. The number of nitrogens with zero attached hydrogens (tertiary/aromatic N) is 5. The van der Waals surface area contributed by atoms with Gasteiger partial charge in [-0.25, -0.2) is 19.0 Å². The molecule has 0 saturated heterocycles. The Labute approximate surface area is 283 Å². The van der Waals surface area contributed by atoms with Gasteiger partial charge in [0.1, 0.15) is 18.1 Å². The third-order valence-electron chi connectivity index (χ3n) is 8.81. The normalized spacial score (nSPS) is 17.3. The Morgan fingerprint density at radius 1 is 0.960 bits per heavy atom. The molecule has 0 amide bonds. The van der Waals surface area contributed by atoms with Crippen LogP contribution in [0.15, 0.2) is 52.6 Å². The molecular formula is C33H37F7N6O3Si. The second kappa shape index (κ2) is 14.6. The van der Waals surface area contributed by atoms with Crippen molar-refractivity contribution < 1.29 is 35.5 Å². The third kappa shape index (κ3) is 8.78. The van der Waals surface area contributed by atoms with Crippen molar-refractivity contribution in [2.75, 3.05) is 11.9 Å². The summed E-state index contributed by atoms with van der Waals surface area (Å²) < 4.78 is 104. The lowest BCUT2D eigenvalue weighted by molar-refractivity contribution is -0.139. The molecule has 0 spiro atoms. The van der Waals surface area contributed by atoms with E-state index in [9.17, 15) is 35.9 Å². The molecule has 17 heteroatoms. The molecule has 1 aromatic carbocycles. The number of fused-ring (bicyclic) bond motifs is 1. The number of rotatable bonds is 11. The van der Waals surface area contributed by atoms with E-state index in [0.717, 1.165) is 31.1 Å². The summed E-state index contributed by atoms with van der Waals surface area (Å²) in [6.45, 7) is 6.49. The molecule has 5 rings (SSSR count). The van der Waals surface area contributed by atoms with Crippen LogP contribution in [0.3, 0.4) is 0 Å². The molecule has 1 fully saturated rings. The summed E-state index contributed by atoms with van der Waals surface area (Å²) in [6, 6.07) is 4.18. The van der Waals surface area contributed by atoms with Gasteiger partial charge < -0.3 is 14.6 Å². The third-order valence-corrected chi connectivity index (χ3v) is 10.5. The van der Waals surface area contributed by atoms with Crippen LogP contribution in [0.1, 0.15) is 43.2 Å². The summed E-state index contributed by atoms with van der Waals surface area (Å²) in [5.41, 5.74) is -4.83. The summed E-state index contributed by atoms with van der Waals surface area (Å²) in [4.78, 5) is 33.6. The number of hydrogen-bond acceptors (Lipinski definition) is 7. The number of aryl methyl sites for hydroxylation is 1. The minimum absolute atomic E-state index is 0.0323. The molecule has 0 bridgehead atoms. The number of alkyl halides is 6. The van der Waals surface area contributed by atoms with E-state index < -0.39 is 66.9 Å². The molecule has 2 atom stereocenters. The van der Waals surface area contributed by atoms with Crippen LogP contribution in [0.4, 0.5) is 36.4 Å². The molecule has 1 aliphatic rings. The number of benzene rings is 1. The van der Waals surface area contributed by atoms with Gasteiger partial charge in [0.15, 0.2) is 5.82 Å². The summed E-state index contributed by atoms with van der Waals surface area (Å²) in [5.74, 6) is -1.32. The van der Waals surface area contributed by atoms with Gasteiger partial charge in [0.25, 0.3) is 11.1 Å². The van der Waals surface area contributed by atoms with Gasteiger partial charge in [-0.3, -0.25) is 9.59 Å². The second-order valence-corrected chi connectivity index (χ2v) is 19.3. The Morgan fingerprint density at radius 2 is 1.66 bits per heavy atom. The van der Waals surface area contributed by atoms with Crippen molar-refractivity contribution in [1.29, 1.82) is 0 Å². The zero-order valence-electron chi connectivity index (χ0n) is 27.7. The van der Waals surface area contributed by atoms with Crippen molar-refractivity contribution >= 4 is 24.5 Å². The molecule has 3 aromatic heterocycles. The maximum atomic E-state index is 15.1. The van der Waals surface area contributed by atoms with E-state index in [1.54, 1.807) is 6.07 Å². The highest BCUT2D eigenvalue weighted by Crippen LogP contribution is 2.36. The van der Waals surface area contributed by atoms with Gasteiger partial charge in [0, 0.05) is 45.9 Å². The first-order chi connectivity index (χ1) is 23.4. The largest absolute Gasteiger partial charge is 0.423 e. The van der Waals surface area contributed by atoms with Gasteiger partial charge >= 0.3 is 12.4 Å². The van der Waals surface area contributed by atoms with Crippen LogP contribution in [0.5, 0.6) is 0 Å². The van der Waals surface area contributed by atoms with Crippen molar-refractivity contribution in [3.63, 3.8) is 0 Å². The average molecular weight is 727 g/mol. The summed E-state index contributed by atoms with van der Waals surface area (Å²) >= 11 is 0. The smallest absolute Gasteiger partial charge is 0.380 e. The Morgan fingerprint density at radius 3 is 2.32 bits per heavy atom. The Balaban J connectivity index is 1.32. The maximum Gasteiger partial charge on any atom is 0.423 e. The Hall–Kier alpha value is -4.12. The van der Waals surface area contributed by atoms with E-state index in [-0.39, 0.29) is 29.2 Å². The van der Waals surface area contributed by atoms with Crippen LogP contribution in [0.2, 0.25) is 25.7 Å². The zero-order chi connectivity index (χ0) is 36.4. The molecular weight excluding hydrogens is 689 g/mol. The van der Waals surface area contributed by atoms with Crippen molar-refractivity contribution in [3.8, 4) is 11.4 Å². The monoisotopic (exact) mass is 726 g/mol. The van der Waals surface area contributed by atoms with Crippen molar-refractivity contribution in [1.82, 2.24) is 24.3 Å². The van der Waals surface area contributed by atoms with Gasteiger partial charge in [0.05, 0.1) is 28.4 Å². The van der Waals surface area contributed by atoms with Crippen LogP contribution in [0.25, 0.3) is 22.2 Å². The number of aromatic nitrogens is 5. The number of pyridine rings is 1. The van der Waals surface area contributed by atoms with Crippen LogP contribution in [-0.2, 0) is 30.4 Å². The minimum atomic E-state index is -4.95. The fourth-order valence-electron chi connectivity index (χ4n) is 6.01. The van der Waals surface area contributed by atoms with E-state index in [1.165, 1.54) is 16.8 Å². The van der Waals surface area contributed by atoms with E-state index >= 15 is 4.39 Å². The molecule has 270 valence electrons. The lowest BCUT2D eigenvalue weighted by Gasteiger charge is -2.33. The number of nitrogens with one attached hydrogen (secondary N) is 1. The van der Waals surface area contributed by atoms with Crippen LogP contribution >= 0.6 is 0 Å². The molecule has 2 unspecified atom stereocenters. The Kier molecular flexibility index (Phi) is 10.9. The van der Waals surface area contributed by atoms with Gasteiger partial charge in [-0.15, -0.1) is 0 Å². The van der Waals surface area contributed by atoms with Gasteiger partial charge in [0.2, 0.25) is 0 Å². The maximum absolute atomic E-state index is 15.1. The van der Waals surface area contributed by atoms with Gasteiger partial charge in [-0.2, -0.15) is 31.4 Å². The second-order valence-electron chi connectivity index (χ2n) is 13.7. The predicted octanol–water partition coefficient (Wildman–Crippen LogP) is 7.57. The minimum Gasteiger partial charge on any atom is -0.380 e. The van der Waals surface area contributed by atoms with E-state index in [2.05, 4.69) is 40.0 Å². The summed E-state index contributed by atoms with van der Waals surface area (Å²) in [5, 5.41) is 7.25. The zero-order valence-corrected chi connectivity index (χ0v) is 28.7. The molecule has 4 aromatic rings. The fourth-order valence-corrected chi connectivity index (χ4v) is 6.76. The van der Waals surface area contributed by atoms with Crippen molar-refractivity contribution in [3.05, 3.63) is 80.6 Å². The number of hydrogen-bond donors (Lipinski definition) is 1. The molecule has 0 radical (unpaired) electrons. The molecule has 1 N–H and O–H groups in total. The van der Waals surface area contributed by atoms with E-state index in [1.807, 2.05) is 0 Å². The highest BCUT2D eigenvalue weighted by Gasteiger charge is 2.39. The van der Waals surface area contributed by atoms with E-state index in [0.29, 0.717) is 48.3 Å². The predicted molar refractivity (Wildman–Crippen MR) is 176 cm³/mol. The van der Waals surface area contributed by atoms with Crippen LogP contribution in [0, 0.1) is 11.7 Å². The topological polar surface area (TPSA) is 104 Å². The first-order valence-electron chi connectivity index (χ1n) is 16.2. The summed E-state index contributed by atoms with van der Waals surface area (Å²) in [6.07, 6.45) is -2.80. The number of anilines is 1. The molecule has 50 heavy (non-hydrogen) atoms. The highest BCUT2D eigenvalue weighted by molar-refractivity contribution is 6.76. The highest BCUT2D eigenvalue weighted by atomic mass is 28.3. The Bertz CT molecular complexity index is 1940. The quantitative estimate of drug-likeness (QED) is 0.0967. The SMILES string of the molecule is C[Si](C)(C)CCOCn1ncc(NC2CCCCC2CCn2ccc3cc(-c4ncc(C(F)(F)F)cn4)c(F)cc3c2=O)c(C(F)(F)F)c1=O. The van der Waals surface area contributed by atoms with E-state index in [4.69, 9.17) is 4.74 Å². The first kappa shape index (κ1) is 37.1. The standard InChI is InChI=1S/C33H37F7N6O3Si/c1-50(2,3)13-12-49-19-46-31(48)28(33(38,39)40)27(18-43-46)44-26-7-5-4-6-20(26)8-10-45-11-9-21-14-24(25(34)15-23(21)30(45)47)29-41-16-22(17-42-29)32(35,36)37/h9,11,14-18,20,26,44H,4-8,10,12-13,19H2,1-3H3. The fraction of sp³-hybridized carbons (Fsp3) is 0.485. The van der Waals surface area contributed by atoms with Gasteiger partial charge in [-0.1, -0.05) is 32.5 Å². The first-order valence-corrected chi connectivity index (χ1v) is 19.9. The van der Waals surface area contributed by atoms with Crippen LogP contribution < -0.4 is 16.4 Å². The number of ether oxygens (including phenoxy) is 1. The van der Waals surface area contributed by atoms with Crippen LogP contribution in [-0.4, -0.2) is 45.0 Å². The summed E-state index contributed by atoms with van der Waals surface area (Å²) in [7, 11) is -1.44. The molecule has 1 saturated carbocycles. The van der Waals surface area contributed by atoms with Gasteiger partial charge in [-0.05, 0) is 54.8 Å². The molecule has 3 heterocycles. The number of halogens is 7. The van der Waals surface area contributed by atoms with Crippen molar-refractivity contribution in [2.45, 2.75) is 89.5 Å².